The number of carbonyl (C=O) groups excluding carboxylic acids is 2. The lowest BCUT2D eigenvalue weighted by Crippen LogP contribution is -2.37. The van der Waals surface area contributed by atoms with Gasteiger partial charge in [0.2, 0.25) is 5.91 Å². The zero-order valence-electron chi connectivity index (χ0n) is 20.2. The Morgan fingerprint density at radius 3 is 2.20 bits per heavy atom. The molecule has 8 heteroatoms. The molecule has 0 heterocycles. The van der Waals surface area contributed by atoms with Gasteiger partial charge in [0.05, 0.1) is 6.61 Å². The van der Waals surface area contributed by atoms with Crippen LogP contribution in [0, 0.1) is 0 Å². The van der Waals surface area contributed by atoms with Crippen molar-refractivity contribution in [2.45, 2.75) is 38.0 Å². The number of ether oxygens (including phenoxy) is 2. The van der Waals surface area contributed by atoms with Gasteiger partial charge in [-0.3, -0.25) is 9.59 Å². The fourth-order valence-electron chi connectivity index (χ4n) is 4.41. The van der Waals surface area contributed by atoms with Crippen molar-refractivity contribution in [3.8, 4) is 11.1 Å². The lowest BCUT2D eigenvalue weighted by atomic mass is 9.98. The van der Waals surface area contributed by atoms with E-state index < -0.39 is 12.1 Å². The molecule has 2 amide bonds. The average Bonchev–Trinajstić information content (AvgIpc) is 3.18. The zero-order chi connectivity index (χ0) is 25.0. The first-order chi connectivity index (χ1) is 17.0. The number of carboxylic acids is 1. The van der Waals surface area contributed by atoms with E-state index in [0.29, 0.717) is 26.0 Å². The van der Waals surface area contributed by atoms with Crippen LogP contribution in [0.25, 0.3) is 11.1 Å². The SMILES string of the molecule is COCCN(CC(=O)O)C(=O)CCCCCCNC(=O)OCC1c2ccccc2-c2ccccc21. The van der Waals surface area contributed by atoms with E-state index in [4.69, 9.17) is 14.6 Å². The number of carboxylic acid groups (broad SMARTS) is 1. The van der Waals surface area contributed by atoms with Gasteiger partial charge >= 0.3 is 12.1 Å². The number of unbranched alkanes of at least 4 members (excludes halogenated alkanes) is 3. The second kappa shape index (κ2) is 13.5. The first kappa shape index (κ1) is 26.2. The Bertz CT molecular complexity index is 963. The van der Waals surface area contributed by atoms with Gasteiger partial charge in [0.15, 0.2) is 0 Å². The standard InChI is InChI=1S/C27H34N2O6/c1-34-17-16-29(18-26(31)32)25(30)14-4-2-3-9-15-28-27(33)35-19-24-22-12-7-5-10-20(22)21-11-6-8-13-23(21)24/h5-8,10-13,24H,2-4,9,14-19H2,1H3,(H,28,33)(H,31,32). The van der Waals surface area contributed by atoms with E-state index in [1.54, 1.807) is 0 Å². The minimum Gasteiger partial charge on any atom is -0.480 e. The van der Waals surface area contributed by atoms with E-state index >= 15 is 0 Å². The number of methoxy groups -OCH3 is 1. The van der Waals surface area contributed by atoms with Crippen LogP contribution < -0.4 is 5.32 Å². The van der Waals surface area contributed by atoms with Crippen LogP contribution in [0.2, 0.25) is 0 Å². The molecule has 2 aromatic carbocycles. The molecule has 0 saturated heterocycles. The number of hydrogen-bond donors (Lipinski definition) is 2. The molecule has 2 aromatic rings. The number of carbonyl (C=O) groups is 3. The van der Waals surface area contributed by atoms with Crippen molar-refractivity contribution in [2.24, 2.45) is 0 Å². The van der Waals surface area contributed by atoms with Crippen molar-refractivity contribution in [2.75, 3.05) is 40.0 Å². The monoisotopic (exact) mass is 482 g/mol. The number of fused-ring (bicyclic) bond motifs is 3. The van der Waals surface area contributed by atoms with E-state index in [1.165, 1.54) is 34.3 Å². The summed E-state index contributed by atoms with van der Waals surface area (Å²) in [6.07, 6.45) is 3.01. The molecule has 0 bridgehead atoms. The molecule has 35 heavy (non-hydrogen) atoms. The van der Waals surface area contributed by atoms with Gasteiger partial charge in [-0.25, -0.2) is 4.79 Å². The molecule has 3 rings (SSSR count). The second-order valence-electron chi connectivity index (χ2n) is 8.62. The van der Waals surface area contributed by atoms with Crippen molar-refractivity contribution in [3.63, 3.8) is 0 Å². The summed E-state index contributed by atoms with van der Waals surface area (Å²) >= 11 is 0. The minimum atomic E-state index is -1.03. The molecule has 0 unspecified atom stereocenters. The van der Waals surface area contributed by atoms with Gasteiger partial charge < -0.3 is 24.8 Å². The van der Waals surface area contributed by atoms with Crippen LogP contribution in [0.15, 0.2) is 48.5 Å². The summed E-state index contributed by atoms with van der Waals surface area (Å²) in [6.45, 7) is 1.06. The Kier molecular flexibility index (Phi) is 10.1. The van der Waals surface area contributed by atoms with Crippen molar-refractivity contribution in [1.29, 1.82) is 0 Å². The van der Waals surface area contributed by atoms with E-state index in [1.807, 2.05) is 24.3 Å². The summed E-state index contributed by atoms with van der Waals surface area (Å²) in [7, 11) is 1.51. The largest absolute Gasteiger partial charge is 0.480 e. The number of alkyl carbamates (subject to hydrolysis) is 1. The van der Waals surface area contributed by atoms with Crippen LogP contribution in [0.1, 0.15) is 49.1 Å². The number of rotatable bonds is 14. The predicted octanol–water partition coefficient (Wildman–Crippen LogP) is 4.04. The normalized spacial score (nSPS) is 12.0. The number of nitrogens with one attached hydrogen (secondary N) is 1. The number of hydrogen-bond acceptors (Lipinski definition) is 5. The maximum absolute atomic E-state index is 12.2. The average molecular weight is 483 g/mol. The first-order valence-corrected chi connectivity index (χ1v) is 12.1. The van der Waals surface area contributed by atoms with Crippen molar-refractivity contribution < 1.29 is 29.0 Å². The van der Waals surface area contributed by atoms with Gasteiger partial charge in [-0.15, -0.1) is 0 Å². The van der Waals surface area contributed by atoms with Gasteiger partial charge in [-0.05, 0) is 35.1 Å². The van der Waals surface area contributed by atoms with Gasteiger partial charge in [-0.2, -0.15) is 0 Å². The van der Waals surface area contributed by atoms with Gasteiger partial charge in [0.1, 0.15) is 13.2 Å². The van der Waals surface area contributed by atoms with Gasteiger partial charge in [-0.1, -0.05) is 61.4 Å². The minimum absolute atomic E-state index is 0.0373. The number of aliphatic carboxylic acids is 1. The van der Waals surface area contributed by atoms with Gasteiger partial charge in [0.25, 0.3) is 0 Å². The molecular weight excluding hydrogens is 448 g/mol. The topological polar surface area (TPSA) is 105 Å². The summed E-state index contributed by atoms with van der Waals surface area (Å²) in [5, 5.41) is 11.8. The second-order valence-corrected chi connectivity index (χ2v) is 8.62. The molecule has 1 aliphatic carbocycles. The highest BCUT2D eigenvalue weighted by molar-refractivity contribution is 5.81. The molecule has 0 aliphatic heterocycles. The van der Waals surface area contributed by atoms with Gasteiger partial charge in [0, 0.05) is 32.5 Å². The lowest BCUT2D eigenvalue weighted by Gasteiger charge is -2.20. The Labute approximate surface area is 206 Å². The van der Waals surface area contributed by atoms with Crippen LogP contribution in [-0.2, 0) is 19.1 Å². The van der Waals surface area contributed by atoms with Crippen LogP contribution >= 0.6 is 0 Å². The van der Waals surface area contributed by atoms with Crippen LogP contribution in [-0.4, -0.2) is 67.9 Å². The van der Waals surface area contributed by atoms with Crippen molar-refractivity contribution in [3.05, 3.63) is 59.7 Å². The molecule has 0 fully saturated rings. The fourth-order valence-corrected chi connectivity index (χ4v) is 4.41. The number of benzene rings is 2. The molecule has 0 saturated carbocycles. The number of nitrogens with zero attached hydrogens (tertiary/aromatic N) is 1. The predicted molar refractivity (Wildman–Crippen MR) is 132 cm³/mol. The summed E-state index contributed by atoms with van der Waals surface area (Å²) in [4.78, 5) is 36.7. The summed E-state index contributed by atoms with van der Waals surface area (Å²) < 4.78 is 10.5. The van der Waals surface area contributed by atoms with E-state index in [0.717, 1.165) is 19.3 Å². The van der Waals surface area contributed by atoms with Crippen LogP contribution in [0.3, 0.4) is 0 Å². The first-order valence-electron chi connectivity index (χ1n) is 12.1. The number of amides is 2. The summed E-state index contributed by atoms with van der Waals surface area (Å²) in [5.41, 5.74) is 4.75. The Balaban J connectivity index is 1.31. The highest BCUT2D eigenvalue weighted by Gasteiger charge is 2.28. The quantitative estimate of drug-likeness (QED) is 0.394. The fraction of sp³-hybridized carbons (Fsp3) is 0.444. The van der Waals surface area contributed by atoms with Crippen molar-refractivity contribution in [1.82, 2.24) is 10.2 Å². The van der Waals surface area contributed by atoms with E-state index in [2.05, 4.69) is 29.6 Å². The molecule has 0 atom stereocenters. The summed E-state index contributed by atoms with van der Waals surface area (Å²) in [5.74, 6) is -1.18. The lowest BCUT2D eigenvalue weighted by molar-refractivity contribution is -0.144. The molecular formula is C27H34N2O6. The summed E-state index contributed by atoms with van der Waals surface area (Å²) in [6, 6.07) is 16.4. The molecule has 188 valence electrons. The molecule has 8 nitrogen and oxygen atoms in total. The van der Waals surface area contributed by atoms with Crippen LogP contribution in [0.5, 0.6) is 0 Å². The molecule has 2 N–H and O–H groups in total. The third-order valence-corrected chi connectivity index (χ3v) is 6.17. The maximum Gasteiger partial charge on any atom is 0.407 e. The highest BCUT2D eigenvalue weighted by atomic mass is 16.5. The Morgan fingerprint density at radius 1 is 0.943 bits per heavy atom. The highest BCUT2D eigenvalue weighted by Crippen LogP contribution is 2.44. The molecule has 0 radical (unpaired) electrons. The Morgan fingerprint density at radius 2 is 1.57 bits per heavy atom. The third-order valence-electron chi connectivity index (χ3n) is 6.17. The zero-order valence-corrected chi connectivity index (χ0v) is 20.2. The molecule has 0 aromatic heterocycles. The molecule has 0 spiro atoms. The van der Waals surface area contributed by atoms with Crippen LogP contribution in [0.4, 0.5) is 4.79 Å². The van der Waals surface area contributed by atoms with E-state index in [9.17, 15) is 14.4 Å². The van der Waals surface area contributed by atoms with E-state index in [-0.39, 0.29) is 31.5 Å². The maximum atomic E-state index is 12.2. The smallest absolute Gasteiger partial charge is 0.407 e. The molecule has 1 aliphatic rings. The van der Waals surface area contributed by atoms with Crippen molar-refractivity contribution >= 4 is 18.0 Å². The third kappa shape index (κ3) is 7.55. The Hall–Kier alpha value is -3.39.